The molecule has 27 heavy (non-hydrogen) atoms. The summed E-state index contributed by atoms with van der Waals surface area (Å²) in [5, 5.41) is 0. The van der Waals surface area contributed by atoms with Gasteiger partial charge in [-0.3, -0.25) is 9.59 Å². The van der Waals surface area contributed by atoms with E-state index in [2.05, 4.69) is 4.72 Å². The van der Waals surface area contributed by atoms with Crippen LogP contribution in [0, 0.1) is 6.92 Å². The number of ketones is 1. The Labute approximate surface area is 158 Å². The normalized spacial score (nSPS) is 12.3. The average Bonchev–Trinajstić information content (AvgIpc) is 2.66. The predicted octanol–water partition coefficient (Wildman–Crippen LogP) is 2.10. The van der Waals surface area contributed by atoms with E-state index in [-0.39, 0.29) is 4.90 Å². The van der Waals surface area contributed by atoms with Crippen LogP contribution in [0.5, 0.6) is 5.75 Å². The number of aryl methyl sites for hydroxylation is 1. The molecule has 0 radical (unpaired) electrons. The number of hydrogen-bond donors (Lipinski definition) is 1. The number of methoxy groups -OCH3 is 1. The molecule has 2 aromatic carbocycles. The number of hydrogen-bond acceptors (Lipinski definition) is 6. The Bertz CT molecular complexity index is 904. The Hall–Kier alpha value is -2.71. The van der Waals surface area contributed by atoms with Crippen LogP contribution in [0.15, 0.2) is 53.4 Å². The third kappa shape index (κ3) is 5.63. The largest absolute Gasteiger partial charge is 0.497 e. The molecule has 0 spiro atoms. The molecular weight excluding hydrogens is 370 g/mol. The molecule has 8 heteroatoms. The zero-order valence-corrected chi connectivity index (χ0v) is 16.1. The number of Topliss-reactive ketones (excluding diaryl/α,β-unsaturated/α-hetero) is 1. The molecular formula is C19H21NO6S. The van der Waals surface area contributed by atoms with E-state index >= 15 is 0 Å². The first-order valence-corrected chi connectivity index (χ1v) is 9.65. The van der Waals surface area contributed by atoms with Crippen molar-refractivity contribution in [1.29, 1.82) is 0 Å². The Kier molecular flexibility index (Phi) is 6.70. The topological polar surface area (TPSA) is 98.8 Å². The van der Waals surface area contributed by atoms with Crippen molar-refractivity contribution < 1.29 is 27.5 Å². The molecule has 2 rings (SSSR count). The van der Waals surface area contributed by atoms with Crippen molar-refractivity contribution in [3.63, 3.8) is 0 Å². The van der Waals surface area contributed by atoms with E-state index in [0.29, 0.717) is 11.3 Å². The van der Waals surface area contributed by atoms with Gasteiger partial charge in [0.25, 0.3) is 0 Å². The van der Waals surface area contributed by atoms with Crippen molar-refractivity contribution in [2.75, 3.05) is 13.7 Å². The summed E-state index contributed by atoms with van der Waals surface area (Å²) in [7, 11) is -2.32. The maximum Gasteiger partial charge on any atom is 0.321 e. The Morgan fingerprint density at radius 1 is 1.04 bits per heavy atom. The minimum Gasteiger partial charge on any atom is -0.497 e. The van der Waals surface area contributed by atoms with Crippen LogP contribution in [-0.2, 0) is 19.6 Å². The predicted molar refractivity (Wildman–Crippen MR) is 99.2 cm³/mol. The van der Waals surface area contributed by atoms with Crippen LogP contribution >= 0.6 is 0 Å². The number of carbonyl (C=O) groups is 2. The van der Waals surface area contributed by atoms with Crippen LogP contribution in [0.25, 0.3) is 0 Å². The fraction of sp³-hybridized carbons (Fsp3) is 0.263. The van der Waals surface area contributed by atoms with Crippen LogP contribution in [0.4, 0.5) is 0 Å². The standard InChI is InChI=1S/C19H21NO6S/c1-13-4-10-17(11-5-13)27(23,24)20-12-18(21)26-14(2)19(22)15-6-8-16(25-3)9-7-15/h4-11,14,20H,12H2,1-3H3/t14-/m1/s1. The maximum atomic E-state index is 12.3. The summed E-state index contributed by atoms with van der Waals surface area (Å²) in [4.78, 5) is 24.2. The van der Waals surface area contributed by atoms with Crippen molar-refractivity contribution in [1.82, 2.24) is 4.72 Å². The van der Waals surface area contributed by atoms with Crippen molar-refractivity contribution >= 4 is 21.8 Å². The lowest BCUT2D eigenvalue weighted by Gasteiger charge is -2.13. The summed E-state index contributed by atoms with van der Waals surface area (Å²) in [5.41, 5.74) is 1.27. The van der Waals surface area contributed by atoms with Gasteiger partial charge in [-0.05, 0) is 50.2 Å². The zero-order valence-electron chi connectivity index (χ0n) is 15.3. The van der Waals surface area contributed by atoms with Crippen molar-refractivity contribution in [3.8, 4) is 5.75 Å². The van der Waals surface area contributed by atoms with Crippen LogP contribution in [0.2, 0.25) is 0 Å². The summed E-state index contributed by atoms with van der Waals surface area (Å²) >= 11 is 0. The molecule has 0 heterocycles. The number of nitrogens with one attached hydrogen (secondary N) is 1. The van der Waals surface area contributed by atoms with Gasteiger partial charge in [-0.1, -0.05) is 17.7 Å². The smallest absolute Gasteiger partial charge is 0.321 e. The highest BCUT2D eigenvalue weighted by molar-refractivity contribution is 7.89. The molecule has 0 aliphatic rings. The minimum absolute atomic E-state index is 0.0447. The van der Waals surface area contributed by atoms with Crippen molar-refractivity contribution in [2.45, 2.75) is 24.8 Å². The van der Waals surface area contributed by atoms with Crippen molar-refractivity contribution in [2.24, 2.45) is 0 Å². The SMILES string of the molecule is COc1ccc(C(=O)[C@@H](C)OC(=O)CNS(=O)(=O)c2ccc(C)cc2)cc1. The van der Waals surface area contributed by atoms with Crippen LogP contribution < -0.4 is 9.46 Å². The second-order valence-corrected chi connectivity index (χ2v) is 7.63. The van der Waals surface area contributed by atoms with Gasteiger partial charge in [0.05, 0.1) is 12.0 Å². The van der Waals surface area contributed by atoms with Gasteiger partial charge in [0.15, 0.2) is 6.10 Å². The Morgan fingerprint density at radius 3 is 2.19 bits per heavy atom. The molecule has 7 nitrogen and oxygen atoms in total. The number of carbonyl (C=O) groups excluding carboxylic acids is 2. The Morgan fingerprint density at radius 2 is 1.63 bits per heavy atom. The zero-order chi connectivity index (χ0) is 20.0. The molecule has 1 atom stereocenters. The molecule has 0 saturated heterocycles. The second-order valence-electron chi connectivity index (χ2n) is 5.86. The minimum atomic E-state index is -3.84. The van der Waals surface area contributed by atoms with E-state index in [1.807, 2.05) is 6.92 Å². The molecule has 0 aliphatic carbocycles. The first-order chi connectivity index (χ1) is 12.7. The molecule has 144 valence electrons. The van der Waals surface area contributed by atoms with E-state index in [1.165, 1.54) is 26.2 Å². The van der Waals surface area contributed by atoms with Gasteiger partial charge in [-0.2, -0.15) is 4.72 Å². The molecule has 2 aromatic rings. The highest BCUT2D eigenvalue weighted by Crippen LogP contribution is 2.14. The van der Waals surface area contributed by atoms with Gasteiger partial charge in [0.2, 0.25) is 15.8 Å². The van der Waals surface area contributed by atoms with Gasteiger partial charge in [-0.15, -0.1) is 0 Å². The summed E-state index contributed by atoms with van der Waals surface area (Å²) in [5.74, 6) is -0.644. The molecule has 0 bridgehead atoms. The molecule has 0 saturated carbocycles. The van der Waals surface area contributed by atoms with Crippen LogP contribution in [0.1, 0.15) is 22.8 Å². The molecule has 0 aromatic heterocycles. The monoisotopic (exact) mass is 391 g/mol. The van der Waals surface area contributed by atoms with E-state index in [9.17, 15) is 18.0 Å². The number of benzene rings is 2. The first-order valence-electron chi connectivity index (χ1n) is 8.17. The highest BCUT2D eigenvalue weighted by atomic mass is 32.2. The molecule has 0 fully saturated rings. The fourth-order valence-corrected chi connectivity index (χ4v) is 3.21. The lowest BCUT2D eigenvalue weighted by atomic mass is 10.1. The van der Waals surface area contributed by atoms with Crippen molar-refractivity contribution in [3.05, 3.63) is 59.7 Å². The maximum absolute atomic E-state index is 12.3. The van der Waals surface area contributed by atoms with E-state index in [4.69, 9.17) is 9.47 Å². The number of rotatable bonds is 8. The van der Waals surface area contributed by atoms with Gasteiger partial charge in [0.1, 0.15) is 12.3 Å². The van der Waals surface area contributed by atoms with Gasteiger partial charge in [-0.25, -0.2) is 8.42 Å². The summed E-state index contributed by atoms with van der Waals surface area (Å²) < 4.78 is 36.5. The number of sulfonamides is 1. The summed E-state index contributed by atoms with van der Waals surface area (Å²) in [6.45, 7) is 2.69. The fourth-order valence-electron chi connectivity index (χ4n) is 2.24. The molecule has 0 unspecified atom stereocenters. The summed E-state index contributed by atoms with van der Waals surface area (Å²) in [6, 6.07) is 12.6. The van der Waals surface area contributed by atoms with Crippen LogP contribution in [-0.4, -0.2) is 39.9 Å². The van der Waals surface area contributed by atoms with E-state index in [1.54, 1.807) is 36.4 Å². The van der Waals surface area contributed by atoms with E-state index < -0.39 is 34.4 Å². The third-order valence-electron chi connectivity index (χ3n) is 3.79. The average molecular weight is 391 g/mol. The van der Waals surface area contributed by atoms with Gasteiger partial charge >= 0.3 is 5.97 Å². The Balaban J connectivity index is 1.92. The first kappa shape index (κ1) is 20.6. The molecule has 0 aliphatic heterocycles. The summed E-state index contributed by atoms with van der Waals surface area (Å²) in [6.07, 6.45) is -1.05. The number of esters is 1. The second kappa shape index (κ2) is 8.79. The van der Waals surface area contributed by atoms with Gasteiger partial charge < -0.3 is 9.47 Å². The van der Waals surface area contributed by atoms with E-state index in [0.717, 1.165) is 5.56 Å². The lowest BCUT2D eigenvalue weighted by Crippen LogP contribution is -2.34. The molecule has 1 N–H and O–H groups in total. The quantitative estimate of drug-likeness (QED) is 0.547. The third-order valence-corrected chi connectivity index (χ3v) is 5.21. The van der Waals surface area contributed by atoms with Crippen LogP contribution in [0.3, 0.4) is 0 Å². The number of ether oxygens (including phenoxy) is 2. The van der Waals surface area contributed by atoms with Gasteiger partial charge in [0, 0.05) is 5.56 Å². The highest BCUT2D eigenvalue weighted by Gasteiger charge is 2.21. The lowest BCUT2D eigenvalue weighted by molar-refractivity contribution is -0.144. The molecule has 0 amide bonds.